The predicted octanol–water partition coefficient (Wildman–Crippen LogP) is 26.6. The van der Waals surface area contributed by atoms with Gasteiger partial charge in [-0.1, -0.05) is 414 Å². The van der Waals surface area contributed by atoms with Crippen molar-refractivity contribution in [2.45, 2.75) is 484 Å². The molecule has 0 saturated carbocycles. The summed E-state index contributed by atoms with van der Waals surface area (Å²) in [6, 6.07) is 0. The standard InChI is InChI=1S/C87H170O17P2/c1-7-9-11-13-15-17-19-20-21-22-23-24-25-30-36-41-47-53-59-65-71-87(92)104-83(76-98-85(90)70-64-58-52-46-40-35-31-26-28-33-38-43-49-55-61-67-79(3)4)78-102-106(95,96)100-74-81(88)73-99-105(93,94)101-77-82(75-97-84(89)69-63-57-51-45-18-16-14-12-10-8-2)103-86(91)72-66-60-54-48-42-37-32-27-29-34-39-44-50-56-62-68-80(5)6/h79-83,88H,7-78H2,1-6H3,(H,93,94)(H,95,96)/t81-,82+,83+/m0/s1. The summed E-state index contributed by atoms with van der Waals surface area (Å²) in [6.07, 6.45) is 70.8. The van der Waals surface area contributed by atoms with E-state index in [0.717, 1.165) is 102 Å². The van der Waals surface area contributed by atoms with E-state index in [1.807, 2.05) is 0 Å². The number of aliphatic hydroxyl groups excluding tert-OH is 1. The first-order valence-corrected chi connectivity index (χ1v) is 48.0. The van der Waals surface area contributed by atoms with Crippen LogP contribution in [0.5, 0.6) is 0 Å². The van der Waals surface area contributed by atoms with Crippen LogP contribution in [0.3, 0.4) is 0 Å². The topological polar surface area (TPSA) is 237 Å². The lowest BCUT2D eigenvalue weighted by atomic mass is 10.0. The number of unbranched alkanes of at least 4 members (excludes halogenated alkanes) is 56. The van der Waals surface area contributed by atoms with Gasteiger partial charge in [-0.2, -0.15) is 0 Å². The molecule has 0 amide bonds. The molecular formula is C87H170O17P2. The lowest BCUT2D eigenvalue weighted by Crippen LogP contribution is -2.30. The van der Waals surface area contributed by atoms with Crippen LogP contribution in [0.4, 0.5) is 0 Å². The molecule has 0 aromatic rings. The lowest BCUT2D eigenvalue weighted by Gasteiger charge is -2.21. The largest absolute Gasteiger partial charge is 0.472 e. The highest BCUT2D eigenvalue weighted by molar-refractivity contribution is 7.47. The molecule has 0 aromatic carbocycles. The van der Waals surface area contributed by atoms with Crippen molar-refractivity contribution in [3.8, 4) is 0 Å². The van der Waals surface area contributed by atoms with Crippen LogP contribution in [0.15, 0.2) is 0 Å². The Balaban J connectivity index is 5.23. The van der Waals surface area contributed by atoms with E-state index in [1.165, 1.54) is 283 Å². The molecule has 0 saturated heterocycles. The van der Waals surface area contributed by atoms with E-state index < -0.39 is 97.5 Å². The third kappa shape index (κ3) is 80.1. The Morgan fingerprint density at radius 1 is 0.255 bits per heavy atom. The Kier molecular flexibility index (Phi) is 76.9. The van der Waals surface area contributed by atoms with Crippen LogP contribution in [0.2, 0.25) is 0 Å². The Morgan fingerprint density at radius 3 is 0.642 bits per heavy atom. The van der Waals surface area contributed by atoms with E-state index in [0.29, 0.717) is 25.7 Å². The van der Waals surface area contributed by atoms with Crippen molar-refractivity contribution in [1.29, 1.82) is 0 Å². The first-order valence-electron chi connectivity index (χ1n) is 45.0. The van der Waals surface area contributed by atoms with Gasteiger partial charge in [0.25, 0.3) is 0 Å². The second kappa shape index (κ2) is 78.3. The van der Waals surface area contributed by atoms with Gasteiger partial charge >= 0.3 is 39.5 Å². The number of carbonyl (C=O) groups excluding carboxylic acids is 4. The molecule has 0 rings (SSSR count). The van der Waals surface area contributed by atoms with Crippen LogP contribution in [-0.2, 0) is 65.4 Å². The van der Waals surface area contributed by atoms with Gasteiger partial charge in [0.05, 0.1) is 26.4 Å². The van der Waals surface area contributed by atoms with Crippen molar-refractivity contribution in [1.82, 2.24) is 0 Å². The van der Waals surface area contributed by atoms with Gasteiger partial charge in [0.15, 0.2) is 12.2 Å². The molecule has 17 nitrogen and oxygen atoms in total. The molecule has 630 valence electrons. The average Bonchev–Trinajstić information content (AvgIpc) is 0.917. The van der Waals surface area contributed by atoms with E-state index in [-0.39, 0.29) is 25.7 Å². The molecule has 2 unspecified atom stereocenters. The molecule has 106 heavy (non-hydrogen) atoms. The van der Waals surface area contributed by atoms with Gasteiger partial charge in [-0.05, 0) is 37.5 Å². The molecular weight excluding hydrogens is 1380 g/mol. The normalized spacial score (nSPS) is 13.8. The van der Waals surface area contributed by atoms with Gasteiger partial charge in [-0.15, -0.1) is 0 Å². The zero-order valence-electron chi connectivity index (χ0n) is 69.7. The van der Waals surface area contributed by atoms with Crippen molar-refractivity contribution in [3.05, 3.63) is 0 Å². The molecule has 0 radical (unpaired) electrons. The molecule has 0 aliphatic heterocycles. The van der Waals surface area contributed by atoms with E-state index in [4.69, 9.17) is 37.0 Å². The minimum absolute atomic E-state index is 0.108. The summed E-state index contributed by atoms with van der Waals surface area (Å²) in [6.45, 7) is 9.72. The van der Waals surface area contributed by atoms with Crippen LogP contribution >= 0.6 is 15.6 Å². The van der Waals surface area contributed by atoms with Crippen LogP contribution in [0.1, 0.15) is 465 Å². The maximum atomic E-state index is 13.2. The summed E-state index contributed by atoms with van der Waals surface area (Å²) < 4.78 is 68.9. The maximum absolute atomic E-state index is 13.2. The number of phosphoric acid groups is 2. The quantitative estimate of drug-likeness (QED) is 0.0222. The molecule has 0 aromatic heterocycles. The first-order chi connectivity index (χ1) is 51.4. The molecule has 0 bridgehead atoms. The molecule has 19 heteroatoms. The number of phosphoric ester groups is 2. The summed E-state index contributed by atoms with van der Waals surface area (Å²) in [4.78, 5) is 73.2. The Bertz CT molecular complexity index is 2030. The van der Waals surface area contributed by atoms with Crippen molar-refractivity contribution in [3.63, 3.8) is 0 Å². The molecule has 3 N–H and O–H groups in total. The third-order valence-corrected chi connectivity index (χ3v) is 22.4. The highest BCUT2D eigenvalue weighted by atomic mass is 31.2. The number of hydrogen-bond donors (Lipinski definition) is 3. The smallest absolute Gasteiger partial charge is 0.462 e. The fourth-order valence-electron chi connectivity index (χ4n) is 13.6. The van der Waals surface area contributed by atoms with E-state index in [1.54, 1.807) is 0 Å². The van der Waals surface area contributed by atoms with E-state index in [2.05, 4.69) is 41.5 Å². The van der Waals surface area contributed by atoms with Crippen molar-refractivity contribution in [2.24, 2.45) is 11.8 Å². The first kappa shape index (κ1) is 104. The molecule has 0 heterocycles. The fraction of sp³-hybridized carbons (Fsp3) is 0.954. The highest BCUT2D eigenvalue weighted by Crippen LogP contribution is 2.45. The number of ether oxygens (including phenoxy) is 4. The van der Waals surface area contributed by atoms with Gasteiger partial charge in [-0.25, -0.2) is 9.13 Å². The van der Waals surface area contributed by atoms with E-state index in [9.17, 15) is 43.2 Å². The fourth-order valence-corrected chi connectivity index (χ4v) is 15.2. The average molecular weight is 1550 g/mol. The van der Waals surface area contributed by atoms with Gasteiger partial charge < -0.3 is 33.8 Å². The minimum Gasteiger partial charge on any atom is -0.462 e. The number of esters is 4. The predicted molar refractivity (Wildman–Crippen MR) is 437 cm³/mol. The molecule has 0 spiro atoms. The Hall–Kier alpha value is -1.94. The summed E-state index contributed by atoms with van der Waals surface area (Å²) in [7, 11) is -9.93. The number of aliphatic hydroxyl groups is 1. The minimum atomic E-state index is -4.97. The number of rotatable bonds is 86. The van der Waals surface area contributed by atoms with Crippen LogP contribution in [0, 0.1) is 11.8 Å². The zero-order valence-corrected chi connectivity index (χ0v) is 71.5. The highest BCUT2D eigenvalue weighted by Gasteiger charge is 2.30. The summed E-state index contributed by atoms with van der Waals surface area (Å²) >= 11 is 0. The van der Waals surface area contributed by atoms with Crippen molar-refractivity contribution < 1.29 is 80.2 Å². The van der Waals surface area contributed by atoms with Crippen LogP contribution < -0.4 is 0 Å². The van der Waals surface area contributed by atoms with Gasteiger partial charge in [0.2, 0.25) is 0 Å². The van der Waals surface area contributed by atoms with Crippen LogP contribution in [-0.4, -0.2) is 96.7 Å². The second-order valence-electron chi connectivity index (χ2n) is 32.2. The lowest BCUT2D eigenvalue weighted by molar-refractivity contribution is -0.161. The Morgan fingerprint density at radius 2 is 0.434 bits per heavy atom. The van der Waals surface area contributed by atoms with Crippen molar-refractivity contribution >= 4 is 39.5 Å². The Labute approximate surface area is 651 Å². The van der Waals surface area contributed by atoms with Gasteiger partial charge in [0, 0.05) is 25.7 Å². The molecule has 0 fully saturated rings. The molecule has 5 atom stereocenters. The van der Waals surface area contributed by atoms with E-state index >= 15 is 0 Å². The monoisotopic (exact) mass is 1550 g/mol. The van der Waals surface area contributed by atoms with Crippen LogP contribution in [0.25, 0.3) is 0 Å². The molecule has 0 aliphatic rings. The number of hydrogen-bond acceptors (Lipinski definition) is 15. The second-order valence-corrected chi connectivity index (χ2v) is 35.1. The molecule has 0 aliphatic carbocycles. The maximum Gasteiger partial charge on any atom is 0.472 e. The number of carbonyl (C=O) groups is 4. The van der Waals surface area contributed by atoms with Crippen molar-refractivity contribution in [2.75, 3.05) is 39.6 Å². The SMILES string of the molecule is CCCCCCCCCCCCCCCCCCCCCCC(=O)O[C@H](COC(=O)CCCCCCCCCCCCCCCCCC(C)C)COP(=O)(O)OC[C@@H](O)COP(=O)(O)OC[C@@H](COC(=O)CCCCCCCCCCCC)OC(=O)CCCCCCCCCCCCCCCCCC(C)C. The summed E-state index contributed by atoms with van der Waals surface area (Å²) in [5, 5.41) is 10.7. The van der Waals surface area contributed by atoms with Gasteiger partial charge in [0.1, 0.15) is 19.3 Å². The summed E-state index contributed by atoms with van der Waals surface area (Å²) in [5.74, 6) is -0.491. The van der Waals surface area contributed by atoms with Gasteiger partial charge in [-0.3, -0.25) is 37.3 Å². The zero-order chi connectivity index (χ0) is 77.8. The summed E-state index contributed by atoms with van der Waals surface area (Å²) in [5.41, 5.74) is 0. The third-order valence-electron chi connectivity index (χ3n) is 20.5.